The second kappa shape index (κ2) is 5.70. The van der Waals surface area contributed by atoms with E-state index in [2.05, 4.69) is 24.6 Å². The monoisotopic (exact) mass is 260 g/mol. The molecule has 2 N–H and O–H groups in total. The summed E-state index contributed by atoms with van der Waals surface area (Å²) in [6.07, 6.45) is 23.3. The lowest BCUT2D eigenvalue weighted by Crippen LogP contribution is -2.40. The molecule has 2 fully saturated rings. The highest BCUT2D eigenvalue weighted by Crippen LogP contribution is 2.51. The van der Waals surface area contributed by atoms with Gasteiger partial charge in [0.05, 0.1) is 0 Å². The van der Waals surface area contributed by atoms with E-state index in [1.807, 2.05) is 0 Å². The Bertz CT molecular complexity index is 312. The smallest absolute Gasteiger partial charge is 0.0175 e. The van der Waals surface area contributed by atoms with Gasteiger partial charge in [0, 0.05) is 17.8 Å². The van der Waals surface area contributed by atoms with E-state index in [1.54, 1.807) is 5.01 Å². The topological polar surface area (TPSA) is 29.3 Å². The molecule has 2 heteroatoms. The summed E-state index contributed by atoms with van der Waals surface area (Å²) in [6.45, 7) is 0. The summed E-state index contributed by atoms with van der Waals surface area (Å²) in [4.78, 5) is 0. The molecule has 0 aromatic carbocycles. The molecular formula is C17H28N2. The number of hydrogen-bond donors (Lipinski definition) is 1. The molecule has 106 valence electrons. The molecule has 0 atom stereocenters. The van der Waals surface area contributed by atoms with Gasteiger partial charge in [-0.05, 0) is 37.5 Å². The van der Waals surface area contributed by atoms with Crippen molar-refractivity contribution in [1.29, 1.82) is 0 Å². The third kappa shape index (κ3) is 2.60. The second-order valence-corrected chi connectivity index (χ2v) is 6.75. The van der Waals surface area contributed by atoms with Crippen LogP contribution in [0.4, 0.5) is 0 Å². The second-order valence-electron chi connectivity index (χ2n) is 6.75. The molecule has 3 aliphatic rings. The van der Waals surface area contributed by atoms with Gasteiger partial charge in [-0.25, -0.2) is 5.84 Å². The van der Waals surface area contributed by atoms with E-state index in [9.17, 15) is 0 Å². The summed E-state index contributed by atoms with van der Waals surface area (Å²) in [5.41, 5.74) is 0.316. The number of hydrogen-bond acceptors (Lipinski definition) is 2. The van der Waals surface area contributed by atoms with E-state index in [1.165, 1.54) is 64.2 Å². The molecule has 0 radical (unpaired) electrons. The van der Waals surface area contributed by atoms with Crippen molar-refractivity contribution in [1.82, 2.24) is 5.01 Å². The average molecular weight is 260 g/mol. The van der Waals surface area contributed by atoms with Crippen molar-refractivity contribution in [2.45, 2.75) is 64.2 Å². The van der Waals surface area contributed by atoms with Crippen LogP contribution in [0.25, 0.3) is 0 Å². The van der Waals surface area contributed by atoms with Crippen molar-refractivity contribution in [2.75, 3.05) is 0 Å². The Labute approximate surface area is 117 Å². The van der Waals surface area contributed by atoms with Crippen molar-refractivity contribution in [3.05, 3.63) is 24.6 Å². The number of nitrogens with zero attached hydrogens (tertiary/aromatic N) is 1. The molecule has 3 rings (SSSR count). The van der Waals surface area contributed by atoms with Crippen LogP contribution >= 0.6 is 0 Å². The van der Waals surface area contributed by atoms with Gasteiger partial charge in [-0.1, -0.05) is 50.7 Å². The summed E-state index contributed by atoms with van der Waals surface area (Å²) in [6, 6.07) is 0. The zero-order valence-corrected chi connectivity index (χ0v) is 12.1. The minimum atomic E-state index is 0.316. The molecule has 0 amide bonds. The van der Waals surface area contributed by atoms with Gasteiger partial charge in [0.1, 0.15) is 0 Å². The van der Waals surface area contributed by atoms with Crippen LogP contribution in [-0.4, -0.2) is 5.01 Å². The van der Waals surface area contributed by atoms with Gasteiger partial charge < -0.3 is 0 Å². The van der Waals surface area contributed by atoms with Crippen molar-refractivity contribution in [3.63, 3.8) is 0 Å². The first-order chi connectivity index (χ1) is 9.31. The summed E-state index contributed by atoms with van der Waals surface area (Å²) >= 11 is 0. The fraction of sp³-hybridized carbons (Fsp3) is 0.765. The number of nitrogens with two attached hydrogens (primary N) is 1. The Morgan fingerprint density at radius 3 is 1.58 bits per heavy atom. The van der Waals surface area contributed by atoms with Crippen LogP contribution in [0.15, 0.2) is 24.6 Å². The molecule has 1 aliphatic heterocycles. The molecular weight excluding hydrogens is 232 g/mol. The van der Waals surface area contributed by atoms with Gasteiger partial charge in [-0.2, -0.15) is 0 Å². The molecule has 1 heterocycles. The minimum Gasteiger partial charge on any atom is -0.295 e. The first-order valence-corrected chi connectivity index (χ1v) is 8.23. The van der Waals surface area contributed by atoms with Crippen LogP contribution in [0.1, 0.15) is 64.2 Å². The van der Waals surface area contributed by atoms with Gasteiger partial charge in [0.2, 0.25) is 0 Å². The molecule has 0 bridgehead atoms. The third-order valence-corrected chi connectivity index (χ3v) is 5.70. The predicted octanol–water partition coefficient (Wildman–Crippen LogP) is 4.35. The maximum absolute atomic E-state index is 5.87. The molecule has 0 spiro atoms. The molecule has 0 unspecified atom stereocenters. The molecule has 0 aromatic rings. The van der Waals surface area contributed by atoms with E-state index < -0.39 is 0 Å². The zero-order chi connectivity index (χ0) is 13.1. The first kappa shape index (κ1) is 13.2. The number of allylic oxidation sites excluding steroid dienone is 2. The van der Waals surface area contributed by atoms with Crippen LogP contribution in [0.2, 0.25) is 0 Å². The standard InChI is InChI=1S/C17H28N2/c18-19-13-11-17(12-14-19,15-7-3-1-4-8-15)16-9-5-2-6-10-16/h11-16H,1-10,18H2. The van der Waals surface area contributed by atoms with Gasteiger partial charge in [-0.15, -0.1) is 0 Å². The quantitative estimate of drug-likeness (QED) is 0.748. The van der Waals surface area contributed by atoms with Gasteiger partial charge in [-0.3, -0.25) is 5.01 Å². The Balaban J connectivity index is 1.85. The lowest BCUT2D eigenvalue weighted by Gasteiger charge is -2.47. The maximum Gasteiger partial charge on any atom is 0.0175 e. The van der Waals surface area contributed by atoms with E-state index in [-0.39, 0.29) is 0 Å². The predicted molar refractivity (Wildman–Crippen MR) is 79.9 cm³/mol. The normalized spacial score (nSPS) is 28.8. The average Bonchev–Trinajstić information content (AvgIpc) is 2.50. The van der Waals surface area contributed by atoms with E-state index >= 15 is 0 Å². The Hall–Kier alpha value is -0.760. The molecule has 19 heavy (non-hydrogen) atoms. The summed E-state index contributed by atoms with van der Waals surface area (Å²) in [5, 5.41) is 1.71. The molecule has 0 aromatic heterocycles. The highest BCUT2D eigenvalue weighted by atomic mass is 15.4. The fourth-order valence-corrected chi connectivity index (χ4v) is 4.62. The van der Waals surface area contributed by atoms with Gasteiger partial charge in [0.15, 0.2) is 0 Å². The number of hydrazine groups is 1. The SMILES string of the molecule is NN1C=CC(C2CCCCC2)(C2CCCCC2)C=C1. The van der Waals surface area contributed by atoms with Crippen molar-refractivity contribution in [3.8, 4) is 0 Å². The van der Waals surface area contributed by atoms with Crippen molar-refractivity contribution in [2.24, 2.45) is 23.1 Å². The first-order valence-electron chi connectivity index (χ1n) is 8.23. The van der Waals surface area contributed by atoms with Crippen LogP contribution in [0.3, 0.4) is 0 Å². The molecule has 2 nitrogen and oxygen atoms in total. The Morgan fingerprint density at radius 1 is 0.737 bits per heavy atom. The molecule has 2 saturated carbocycles. The van der Waals surface area contributed by atoms with E-state index in [4.69, 9.17) is 5.84 Å². The van der Waals surface area contributed by atoms with Gasteiger partial charge in [0.25, 0.3) is 0 Å². The third-order valence-electron chi connectivity index (χ3n) is 5.70. The molecule has 0 saturated heterocycles. The van der Waals surface area contributed by atoms with Crippen LogP contribution in [-0.2, 0) is 0 Å². The number of rotatable bonds is 2. The van der Waals surface area contributed by atoms with Crippen LogP contribution < -0.4 is 5.84 Å². The highest BCUT2D eigenvalue weighted by Gasteiger charge is 2.42. The molecule has 2 aliphatic carbocycles. The van der Waals surface area contributed by atoms with E-state index in [0.717, 1.165) is 11.8 Å². The van der Waals surface area contributed by atoms with Crippen LogP contribution in [0.5, 0.6) is 0 Å². The Morgan fingerprint density at radius 2 is 1.16 bits per heavy atom. The maximum atomic E-state index is 5.87. The van der Waals surface area contributed by atoms with Gasteiger partial charge >= 0.3 is 0 Å². The minimum absolute atomic E-state index is 0.316. The lowest BCUT2D eigenvalue weighted by molar-refractivity contribution is 0.109. The summed E-state index contributed by atoms with van der Waals surface area (Å²) in [5.74, 6) is 7.58. The van der Waals surface area contributed by atoms with Crippen LogP contribution in [0, 0.1) is 17.3 Å². The zero-order valence-electron chi connectivity index (χ0n) is 12.1. The van der Waals surface area contributed by atoms with E-state index in [0.29, 0.717) is 5.41 Å². The lowest BCUT2D eigenvalue weighted by atomic mass is 9.58. The largest absolute Gasteiger partial charge is 0.295 e. The van der Waals surface area contributed by atoms with Crippen molar-refractivity contribution >= 4 is 0 Å². The highest BCUT2D eigenvalue weighted by molar-refractivity contribution is 5.20. The fourth-order valence-electron chi connectivity index (χ4n) is 4.62. The summed E-state index contributed by atoms with van der Waals surface area (Å²) < 4.78 is 0. The Kier molecular flexibility index (Phi) is 3.97. The van der Waals surface area contributed by atoms with Crippen molar-refractivity contribution < 1.29 is 0 Å². The summed E-state index contributed by atoms with van der Waals surface area (Å²) in [7, 11) is 0.